The summed E-state index contributed by atoms with van der Waals surface area (Å²) in [6.07, 6.45) is -1.82. The number of carbonyl (C=O) groups excluding carboxylic acids is 1. The molecule has 14 heteroatoms. The second-order valence-electron chi connectivity index (χ2n) is 7.59. The van der Waals surface area contributed by atoms with Gasteiger partial charge >= 0.3 is 6.18 Å². The smallest absolute Gasteiger partial charge is 0.383 e. The number of aromatic nitrogens is 5. The van der Waals surface area contributed by atoms with Gasteiger partial charge in [0, 0.05) is 33.2 Å². The Hall–Kier alpha value is -2.94. The summed E-state index contributed by atoms with van der Waals surface area (Å²) in [6.45, 7) is 1.41. The number of amides is 1. The Kier molecular flexibility index (Phi) is 9.65. The molecule has 0 aliphatic carbocycles. The Balaban J connectivity index is 1.39. The van der Waals surface area contributed by atoms with Crippen LogP contribution in [-0.4, -0.2) is 56.5 Å². The summed E-state index contributed by atoms with van der Waals surface area (Å²) in [7, 11) is 1.55. The lowest BCUT2D eigenvalue weighted by atomic mass is 10.1. The van der Waals surface area contributed by atoms with Crippen LogP contribution in [-0.2, 0) is 30.4 Å². The molecule has 0 aliphatic rings. The van der Waals surface area contributed by atoms with Crippen LogP contribution in [0.4, 0.5) is 13.2 Å². The lowest BCUT2D eigenvalue weighted by Crippen LogP contribution is -2.26. The summed E-state index contributed by atoms with van der Waals surface area (Å²) in [4.78, 5) is 11.9. The normalized spacial score (nSPS) is 12.6. The highest BCUT2D eigenvalue weighted by Gasteiger charge is 2.30. The molecule has 0 spiro atoms. The van der Waals surface area contributed by atoms with Crippen LogP contribution in [0.1, 0.15) is 50.7 Å². The maximum atomic E-state index is 12.8. The van der Waals surface area contributed by atoms with Crippen LogP contribution in [0.15, 0.2) is 30.5 Å². The van der Waals surface area contributed by atoms with Gasteiger partial charge in [-0.3, -0.25) is 14.8 Å². The van der Waals surface area contributed by atoms with Crippen LogP contribution >= 0.6 is 11.3 Å². The van der Waals surface area contributed by atoms with Crippen LogP contribution in [0.25, 0.3) is 0 Å². The number of halogens is 3. The fourth-order valence-corrected chi connectivity index (χ4v) is 3.86. The van der Waals surface area contributed by atoms with Gasteiger partial charge in [-0.25, -0.2) is 0 Å². The lowest BCUT2D eigenvalue weighted by molar-refractivity contribution is -0.137. The van der Waals surface area contributed by atoms with Gasteiger partial charge in [0.2, 0.25) is 5.01 Å². The number of methoxy groups -OCH3 is 1. The van der Waals surface area contributed by atoms with Gasteiger partial charge in [0.1, 0.15) is 10.7 Å². The van der Waals surface area contributed by atoms with Gasteiger partial charge in [-0.15, -0.1) is 15.3 Å². The first kappa shape index (κ1) is 26.7. The minimum absolute atomic E-state index is 0.0339. The summed E-state index contributed by atoms with van der Waals surface area (Å²) in [6, 6.07) is 4.89. The molecule has 3 aromatic rings. The van der Waals surface area contributed by atoms with Crippen LogP contribution in [0.5, 0.6) is 0 Å². The van der Waals surface area contributed by atoms with E-state index >= 15 is 0 Å². The summed E-state index contributed by atoms with van der Waals surface area (Å²) < 4.78 is 44.9. The number of rotatable bonds is 13. The van der Waals surface area contributed by atoms with Gasteiger partial charge in [-0.1, -0.05) is 34.7 Å². The second kappa shape index (κ2) is 12.7. The number of alkyl halides is 3. The first-order valence-corrected chi connectivity index (χ1v) is 11.6. The Morgan fingerprint density at radius 3 is 2.86 bits per heavy atom. The molecule has 1 aromatic carbocycles. The van der Waals surface area contributed by atoms with Gasteiger partial charge in [0.25, 0.3) is 5.91 Å². The van der Waals surface area contributed by atoms with E-state index in [0.717, 1.165) is 30.0 Å². The molecule has 1 atom stereocenters. The highest BCUT2D eigenvalue weighted by atomic mass is 32.1. The molecule has 0 fully saturated rings. The quantitative estimate of drug-likeness (QED) is 0.235. The van der Waals surface area contributed by atoms with Crippen molar-refractivity contribution in [2.24, 2.45) is 0 Å². The third-order valence-corrected chi connectivity index (χ3v) is 5.85. The fraction of sp³-hybridized carbons (Fsp3) is 0.476. The van der Waals surface area contributed by atoms with E-state index < -0.39 is 18.0 Å². The van der Waals surface area contributed by atoms with Crippen molar-refractivity contribution in [3.8, 4) is 0 Å². The van der Waals surface area contributed by atoms with Crippen LogP contribution in [0, 0.1) is 0 Å². The molecule has 2 aromatic heterocycles. The van der Waals surface area contributed by atoms with Gasteiger partial charge in [-0.2, -0.15) is 13.2 Å². The molecule has 10 nitrogen and oxygen atoms in total. The number of carbonyl (C=O) groups is 1. The van der Waals surface area contributed by atoms with Crippen molar-refractivity contribution in [3.63, 3.8) is 0 Å². The number of aryl methyl sites for hydroxylation is 2. The van der Waals surface area contributed by atoms with E-state index in [1.54, 1.807) is 24.1 Å². The standard InChI is InChI=1S/C21H26F3N7O3S/c1-34-10-8-25-19(33)20-29-28-17(35-20)7-2-3-9-31-13-16(27-30-31)18(32)26-12-14-5-4-6-15(11-14)21(22,23)24/h4-6,11,13,18,26,32H,2-3,7-10,12H2,1H3,(H,25,33). The second-order valence-corrected chi connectivity index (χ2v) is 8.66. The molecular formula is C21H26F3N7O3S. The molecule has 1 unspecified atom stereocenters. The van der Waals surface area contributed by atoms with Crippen molar-refractivity contribution in [2.75, 3.05) is 20.3 Å². The molecular weight excluding hydrogens is 487 g/mol. The lowest BCUT2D eigenvalue weighted by Gasteiger charge is -2.12. The Bertz CT molecular complexity index is 1090. The predicted octanol–water partition coefficient (Wildman–Crippen LogP) is 2.33. The maximum absolute atomic E-state index is 12.8. The van der Waals surface area contributed by atoms with Crippen LogP contribution < -0.4 is 10.6 Å². The molecule has 0 radical (unpaired) electrons. The molecule has 0 saturated heterocycles. The zero-order chi connectivity index (χ0) is 25.3. The Morgan fingerprint density at radius 2 is 2.09 bits per heavy atom. The SMILES string of the molecule is COCCNC(=O)c1nnc(CCCCn2cc(C(O)NCc3cccc(C(F)(F)F)c3)nn2)s1. The zero-order valence-electron chi connectivity index (χ0n) is 19.0. The van der Waals surface area contributed by atoms with E-state index in [9.17, 15) is 23.1 Å². The average Bonchev–Trinajstić information content (AvgIpc) is 3.50. The highest BCUT2D eigenvalue weighted by Crippen LogP contribution is 2.29. The number of nitrogens with one attached hydrogen (secondary N) is 2. The maximum Gasteiger partial charge on any atom is 0.416 e. The molecule has 2 heterocycles. The van der Waals surface area contributed by atoms with E-state index in [0.29, 0.717) is 36.7 Å². The van der Waals surface area contributed by atoms with Crippen molar-refractivity contribution >= 4 is 17.2 Å². The van der Waals surface area contributed by atoms with Gasteiger partial charge in [-0.05, 0) is 24.5 Å². The third-order valence-electron chi connectivity index (χ3n) is 4.87. The summed E-state index contributed by atoms with van der Waals surface area (Å²) in [5, 5.41) is 32.6. The van der Waals surface area contributed by atoms with Gasteiger partial charge in [0.15, 0.2) is 6.23 Å². The third kappa shape index (κ3) is 8.35. The van der Waals surface area contributed by atoms with Gasteiger partial charge in [0.05, 0.1) is 18.4 Å². The largest absolute Gasteiger partial charge is 0.416 e. The number of aliphatic hydroxyl groups is 1. The number of hydrogen-bond donors (Lipinski definition) is 3. The van der Waals surface area contributed by atoms with Crippen LogP contribution in [0.3, 0.4) is 0 Å². The number of nitrogens with zero attached hydrogens (tertiary/aromatic N) is 5. The summed E-state index contributed by atoms with van der Waals surface area (Å²) in [5.74, 6) is -0.277. The average molecular weight is 514 g/mol. The topological polar surface area (TPSA) is 127 Å². The molecule has 0 aliphatic heterocycles. The molecule has 0 bridgehead atoms. The number of ether oxygens (including phenoxy) is 1. The molecule has 35 heavy (non-hydrogen) atoms. The van der Waals surface area contributed by atoms with Crippen molar-refractivity contribution < 1.29 is 27.8 Å². The first-order chi connectivity index (χ1) is 16.8. The van der Waals surface area contributed by atoms with Crippen LogP contribution in [0.2, 0.25) is 0 Å². The van der Waals surface area contributed by atoms with Crippen molar-refractivity contribution in [2.45, 2.75) is 44.8 Å². The number of benzene rings is 1. The zero-order valence-corrected chi connectivity index (χ0v) is 19.8. The van der Waals surface area contributed by atoms with Crippen molar-refractivity contribution in [1.82, 2.24) is 35.8 Å². The Labute approximate surface area is 203 Å². The summed E-state index contributed by atoms with van der Waals surface area (Å²) >= 11 is 1.25. The monoisotopic (exact) mass is 513 g/mol. The molecule has 1 amide bonds. The van der Waals surface area contributed by atoms with Gasteiger partial charge < -0.3 is 15.2 Å². The van der Waals surface area contributed by atoms with Crippen molar-refractivity contribution in [1.29, 1.82) is 0 Å². The van der Waals surface area contributed by atoms with E-state index in [1.165, 1.54) is 17.4 Å². The van der Waals surface area contributed by atoms with E-state index in [1.807, 2.05) is 0 Å². The minimum atomic E-state index is -4.42. The minimum Gasteiger partial charge on any atom is -0.383 e. The predicted molar refractivity (Wildman–Crippen MR) is 120 cm³/mol. The molecule has 0 saturated carbocycles. The first-order valence-electron chi connectivity index (χ1n) is 10.8. The summed E-state index contributed by atoms with van der Waals surface area (Å²) in [5.41, 5.74) is -0.0869. The van der Waals surface area contributed by atoms with E-state index in [-0.39, 0.29) is 18.1 Å². The van der Waals surface area contributed by atoms with E-state index in [2.05, 4.69) is 31.1 Å². The number of aliphatic hydroxyl groups excluding tert-OH is 1. The Morgan fingerprint density at radius 1 is 1.26 bits per heavy atom. The number of hydrogen-bond acceptors (Lipinski definition) is 9. The number of unbranched alkanes of at least 4 members (excludes halogenated alkanes) is 1. The molecule has 3 rings (SSSR count). The van der Waals surface area contributed by atoms with E-state index in [4.69, 9.17) is 4.74 Å². The van der Waals surface area contributed by atoms with Crippen molar-refractivity contribution in [3.05, 3.63) is 57.3 Å². The highest BCUT2D eigenvalue weighted by molar-refractivity contribution is 7.13. The molecule has 3 N–H and O–H groups in total. The molecule has 190 valence electrons. The fourth-order valence-electron chi connectivity index (χ4n) is 3.06.